The zero-order chi connectivity index (χ0) is 16.8. The van der Waals surface area contributed by atoms with Crippen molar-refractivity contribution in [2.24, 2.45) is 11.7 Å². The van der Waals surface area contributed by atoms with E-state index in [0.717, 1.165) is 17.2 Å². The van der Waals surface area contributed by atoms with Crippen LogP contribution in [0.3, 0.4) is 0 Å². The Morgan fingerprint density at radius 2 is 1.83 bits per heavy atom. The normalized spacial score (nSPS) is 11.9. The van der Waals surface area contributed by atoms with Gasteiger partial charge in [0.25, 0.3) is 5.91 Å². The molecule has 24 heavy (non-hydrogen) atoms. The number of benzene rings is 2. The lowest BCUT2D eigenvalue weighted by atomic mass is 10.0. The number of carbonyl (C=O) groups excluding carboxylic acids is 1. The standard InChI is InChI=1S/C19H26N2O2.ClH/c1-14(2)18(20)10-11-21(3)19(22)13-23-17-9-8-15-6-4-5-7-16(15)12-17;/h4-9,12,14,18H,10-11,13,20H2,1-3H3;1H. The fraction of sp³-hybridized carbons (Fsp3) is 0.421. The average molecular weight is 351 g/mol. The molecule has 132 valence electrons. The zero-order valence-corrected chi connectivity index (χ0v) is 15.4. The summed E-state index contributed by atoms with van der Waals surface area (Å²) in [7, 11) is 1.79. The lowest BCUT2D eigenvalue weighted by molar-refractivity contribution is -0.132. The molecule has 1 amide bonds. The van der Waals surface area contributed by atoms with Gasteiger partial charge in [-0.3, -0.25) is 4.79 Å². The van der Waals surface area contributed by atoms with Crippen molar-refractivity contribution >= 4 is 29.1 Å². The molecule has 0 saturated heterocycles. The third kappa shape index (κ3) is 5.69. The third-order valence-electron chi connectivity index (χ3n) is 4.16. The first kappa shape index (κ1) is 20.3. The van der Waals surface area contributed by atoms with Gasteiger partial charge in [-0.15, -0.1) is 12.4 Å². The molecule has 1 unspecified atom stereocenters. The number of nitrogens with zero attached hydrogens (tertiary/aromatic N) is 1. The Balaban J connectivity index is 0.00000288. The molecule has 0 aliphatic rings. The Bertz CT molecular complexity index is 661. The number of hydrogen-bond acceptors (Lipinski definition) is 3. The summed E-state index contributed by atoms with van der Waals surface area (Å²) in [6, 6.07) is 14.0. The number of nitrogens with two attached hydrogens (primary N) is 1. The molecular weight excluding hydrogens is 324 g/mol. The van der Waals surface area contributed by atoms with Crippen molar-refractivity contribution in [2.45, 2.75) is 26.3 Å². The van der Waals surface area contributed by atoms with Crippen LogP contribution < -0.4 is 10.5 Å². The molecule has 0 fully saturated rings. The SMILES string of the molecule is CC(C)C(N)CCN(C)C(=O)COc1ccc2ccccc2c1.Cl. The first-order chi connectivity index (χ1) is 11.0. The summed E-state index contributed by atoms with van der Waals surface area (Å²) < 4.78 is 5.63. The van der Waals surface area contributed by atoms with Crippen molar-refractivity contribution in [2.75, 3.05) is 20.2 Å². The minimum Gasteiger partial charge on any atom is -0.484 e. The lowest BCUT2D eigenvalue weighted by Crippen LogP contribution is -2.36. The Morgan fingerprint density at radius 3 is 2.50 bits per heavy atom. The van der Waals surface area contributed by atoms with Crippen molar-refractivity contribution in [3.05, 3.63) is 42.5 Å². The predicted octanol–water partition coefficient (Wildman–Crippen LogP) is 3.47. The molecule has 0 aliphatic carbocycles. The molecular formula is C19H27ClN2O2. The van der Waals surface area contributed by atoms with Crippen LogP contribution in [0.1, 0.15) is 20.3 Å². The highest BCUT2D eigenvalue weighted by atomic mass is 35.5. The van der Waals surface area contributed by atoms with Crippen molar-refractivity contribution < 1.29 is 9.53 Å². The smallest absolute Gasteiger partial charge is 0.260 e. The van der Waals surface area contributed by atoms with E-state index in [0.29, 0.717) is 18.2 Å². The summed E-state index contributed by atoms with van der Waals surface area (Å²) in [4.78, 5) is 13.8. The van der Waals surface area contributed by atoms with E-state index in [9.17, 15) is 4.79 Å². The van der Waals surface area contributed by atoms with Gasteiger partial charge in [0.05, 0.1) is 0 Å². The Labute approximate surface area is 150 Å². The molecule has 0 saturated carbocycles. The van der Waals surface area contributed by atoms with Crippen molar-refractivity contribution in [1.82, 2.24) is 4.90 Å². The highest BCUT2D eigenvalue weighted by Crippen LogP contribution is 2.20. The molecule has 4 nitrogen and oxygen atoms in total. The van der Waals surface area contributed by atoms with E-state index >= 15 is 0 Å². The van der Waals surface area contributed by atoms with Gasteiger partial charge in [0.15, 0.2) is 6.61 Å². The number of amides is 1. The number of ether oxygens (including phenoxy) is 1. The molecule has 2 N–H and O–H groups in total. The number of carbonyl (C=O) groups is 1. The fourth-order valence-electron chi connectivity index (χ4n) is 2.31. The van der Waals surface area contributed by atoms with Crippen LogP contribution in [0.5, 0.6) is 5.75 Å². The quantitative estimate of drug-likeness (QED) is 0.831. The van der Waals surface area contributed by atoms with Crippen molar-refractivity contribution in [3.63, 3.8) is 0 Å². The van der Waals surface area contributed by atoms with Gasteiger partial charge in [-0.2, -0.15) is 0 Å². The predicted molar refractivity (Wildman–Crippen MR) is 102 cm³/mol. The van der Waals surface area contributed by atoms with Crippen LogP contribution in [0.25, 0.3) is 10.8 Å². The largest absolute Gasteiger partial charge is 0.484 e. The molecule has 0 spiro atoms. The minimum absolute atomic E-state index is 0. The maximum absolute atomic E-state index is 12.1. The summed E-state index contributed by atoms with van der Waals surface area (Å²) in [5.74, 6) is 1.10. The summed E-state index contributed by atoms with van der Waals surface area (Å²) in [5.41, 5.74) is 6.01. The molecule has 0 bridgehead atoms. The molecule has 2 aromatic rings. The summed E-state index contributed by atoms with van der Waals surface area (Å²) >= 11 is 0. The van der Waals surface area contributed by atoms with Crippen LogP contribution in [-0.2, 0) is 4.79 Å². The second-order valence-corrected chi connectivity index (χ2v) is 6.31. The first-order valence-electron chi connectivity index (χ1n) is 8.08. The van der Waals surface area contributed by atoms with Gasteiger partial charge in [0, 0.05) is 19.6 Å². The molecule has 0 aliphatic heterocycles. The van der Waals surface area contributed by atoms with Crippen LogP contribution in [0.2, 0.25) is 0 Å². The van der Waals surface area contributed by atoms with Crippen LogP contribution in [0.4, 0.5) is 0 Å². The zero-order valence-electron chi connectivity index (χ0n) is 14.6. The molecule has 2 rings (SSSR count). The number of likely N-dealkylation sites (N-methyl/N-ethyl adjacent to an activating group) is 1. The Kier molecular flexibility index (Phi) is 8.02. The van der Waals surface area contributed by atoms with Crippen molar-refractivity contribution in [1.29, 1.82) is 0 Å². The van der Waals surface area contributed by atoms with Crippen molar-refractivity contribution in [3.8, 4) is 5.75 Å². The molecule has 0 heterocycles. The number of fused-ring (bicyclic) bond motifs is 1. The van der Waals surface area contributed by atoms with Gasteiger partial charge in [0.1, 0.15) is 5.75 Å². The maximum Gasteiger partial charge on any atom is 0.260 e. The maximum atomic E-state index is 12.1. The van der Waals surface area contributed by atoms with Crippen LogP contribution in [-0.4, -0.2) is 37.0 Å². The number of rotatable bonds is 7. The second kappa shape index (κ2) is 9.50. The van der Waals surface area contributed by atoms with Gasteiger partial charge in [-0.05, 0) is 35.2 Å². The Hall–Kier alpha value is -1.78. The average Bonchev–Trinajstić information content (AvgIpc) is 2.56. The summed E-state index contributed by atoms with van der Waals surface area (Å²) in [6.07, 6.45) is 0.801. The first-order valence-corrected chi connectivity index (χ1v) is 8.08. The highest BCUT2D eigenvalue weighted by molar-refractivity contribution is 5.85. The topological polar surface area (TPSA) is 55.6 Å². The molecule has 1 atom stereocenters. The minimum atomic E-state index is -0.0332. The fourth-order valence-corrected chi connectivity index (χ4v) is 2.31. The van der Waals surface area contributed by atoms with Gasteiger partial charge >= 0.3 is 0 Å². The molecule has 0 aromatic heterocycles. The highest BCUT2D eigenvalue weighted by Gasteiger charge is 2.13. The summed E-state index contributed by atoms with van der Waals surface area (Å²) in [5, 5.41) is 2.26. The van der Waals surface area contributed by atoms with Crippen LogP contribution >= 0.6 is 12.4 Å². The van der Waals surface area contributed by atoms with E-state index < -0.39 is 0 Å². The third-order valence-corrected chi connectivity index (χ3v) is 4.16. The van der Waals surface area contributed by atoms with E-state index in [4.69, 9.17) is 10.5 Å². The van der Waals surface area contributed by atoms with Gasteiger partial charge < -0.3 is 15.4 Å². The van der Waals surface area contributed by atoms with E-state index in [1.165, 1.54) is 0 Å². The second-order valence-electron chi connectivity index (χ2n) is 6.31. The van der Waals surface area contributed by atoms with Gasteiger partial charge in [-0.25, -0.2) is 0 Å². The van der Waals surface area contributed by atoms with Crippen LogP contribution in [0, 0.1) is 5.92 Å². The van der Waals surface area contributed by atoms with E-state index in [1.54, 1.807) is 11.9 Å². The monoisotopic (exact) mass is 350 g/mol. The van der Waals surface area contributed by atoms with E-state index in [1.807, 2.05) is 36.4 Å². The molecule has 5 heteroatoms. The molecule has 0 radical (unpaired) electrons. The number of hydrogen-bond donors (Lipinski definition) is 1. The van der Waals surface area contributed by atoms with E-state index in [-0.39, 0.29) is 31.0 Å². The van der Waals surface area contributed by atoms with Gasteiger partial charge in [0.2, 0.25) is 0 Å². The lowest BCUT2D eigenvalue weighted by Gasteiger charge is -2.21. The molecule has 2 aromatic carbocycles. The van der Waals surface area contributed by atoms with Gasteiger partial charge in [-0.1, -0.05) is 44.2 Å². The summed E-state index contributed by atoms with van der Waals surface area (Å²) in [6.45, 7) is 4.88. The Morgan fingerprint density at radius 1 is 1.17 bits per heavy atom. The van der Waals surface area contributed by atoms with Crippen LogP contribution in [0.15, 0.2) is 42.5 Å². The van der Waals surface area contributed by atoms with E-state index in [2.05, 4.69) is 19.9 Å². The number of halogens is 1.